The maximum atomic E-state index is 12.2. The summed E-state index contributed by atoms with van der Waals surface area (Å²) in [6, 6.07) is 0.0433. The molecule has 0 bridgehead atoms. The second-order valence-electron chi connectivity index (χ2n) is 4.78. The van der Waals surface area contributed by atoms with Gasteiger partial charge in [-0.05, 0) is 44.1 Å². The summed E-state index contributed by atoms with van der Waals surface area (Å²) in [6.07, 6.45) is 5.18. The quantitative estimate of drug-likeness (QED) is 0.819. The van der Waals surface area contributed by atoms with Crippen LogP contribution >= 0.6 is 11.8 Å². The monoisotopic (exact) mass is 244 g/mol. The van der Waals surface area contributed by atoms with E-state index in [1.54, 1.807) is 11.8 Å². The summed E-state index contributed by atoms with van der Waals surface area (Å²) in [5.41, 5.74) is 5.94. The standard InChI is InChI=1S/C12H24N2OS/c1-9-5-4-7-14(10(9)2)12(15)11(13)6-8-16-3/h9-11H,4-8,13H2,1-3H3/t9?,10?,11-/m0/s1. The number of hydrogen-bond acceptors (Lipinski definition) is 3. The van der Waals surface area contributed by atoms with Gasteiger partial charge in [-0.2, -0.15) is 11.8 Å². The summed E-state index contributed by atoms with van der Waals surface area (Å²) in [7, 11) is 0. The number of likely N-dealkylation sites (tertiary alicyclic amines) is 1. The van der Waals surface area contributed by atoms with Gasteiger partial charge in [0, 0.05) is 12.6 Å². The third-order valence-corrected chi connectivity index (χ3v) is 4.25. The van der Waals surface area contributed by atoms with Gasteiger partial charge in [0.2, 0.25) is 5.91 Å². The number of rotatable bonds is 4. The molecule has 2 unspecified atom stereocenters. The molecule has 0 aromatic carbocycles. The summed E-state index contributed by atoms with van der Waals surface area (Å²) in [5, 5.41) is 0. The number of carbonyl (C=O) groups is 1. The largest absolute Gasteiger partial charge is 0.338 e. The molecule has 16 heavy (non-hydrogen) atoms. The Morgan fingerprint density at radius 1 is 1.56 bits per heavy atom. The van der Waals surface area contributed by atoms with Crippen molar-refractivity contribution in [2.75, 3.05) is 18.6 Å². The Bertz CT molecular complexity index is 235. The van der Waals surface area contributed by atoms with Crippen LogP contribution in [0.1, 0.15) is 33.1 Å². The third kappa shape index (κ3) is 3.39. The van der Waals surface area contributed by atoms with Crippen LogP contribution in [-0.2, 0) is 4.79 Å². The molecule has 0 saturated carbocycles. The molecule has 1 amide bonds. The summed E-state index contributed by atoms with van der Waals surface area (Å²) in [5.74, 6) is 1.71. The Kier molecular flexibility index (Phi) is 5.62. The molecule has 1 fully saturated rings. The van der Waals surface area contributed by atoms with Gasteiger partial charge in [-0.25, -0.2) is 0 Å². The van der Waals surface area contributed by atoms with Gasteiger partial charge in [0.05, 0.1) is 6.04 Å². The van der Waals surface area contributed by atoms with Crippen molar-refractivity contribution in [3.63, 3.8) is 0 Å². The highest BCUT2D eigenvalue weighted by Crippen LogP contribution is 2.23. The Labute approximate surface area is 103 Å². The minimum Gasteiger partial charge on any atom is -0.338 e. The number of thioether (sulfide) groups is 1. The Morgan fingerprint density at radius 2 is 2.25 bits per heavy atom. The van der Waals surface area contributed by atoms with Crippen LogP contribution in [0.25, 0.3) is 0 Å². The summed E-state index contributed by atoms with van der Waals surface area (Å²) in [4.78, 5) is 14.1. The molecule has 2 N–H and O–H groups in total. The number of piperidine rings is 1. The van der Waals surface area contributed by atoms with E-state index in [9.17, 15) is 4.79 Å². The topological polar surface area (TPSA) is 46.3 Å². The van der Waals surface area contributed by atoms with Crippen molar-refractivity contribution in [3.8, 4) is 0 Å². The van der Waals surface area contributed by atoms with Gasteiger partial charge < -0.3 is 10.6 Å². The summed E-state index contributed by atoms with van der Waals surface area (Å²) >= 11 is 1.74. The highest BCUT2D eigenvalue weighted by Gasteiger charge is 2.30. The molecule has 0 aromatic heterocycles. The van der Waals surface area contributed by atoms with Gasteiger partial charge in [-0.3, -0.25) is 4.79 Å². The lowest BCUT2D eigenvalue weighted by molar-refractivity contribution is -0.137. The Hall–Kier alpha value is -0.220. The van der Waals surface area contributed by atoms with E-state index in [0.717, 1.165) is 25.1 Å². The second-order valence-corrected chi connectivity index (χ2v) is 5.77. The van der Waals surface area contributed by atoms with Crippen molar-refractivity contribution in [1.82, 2.24) is 4.90 Å². The fourth-order valence-electron chi connectivity index (χ4n) is 2.23. The van der Waals surface area contributed by atoms with E-state index in [4.69, 9.17) is 5.73 Å². The fourth-order valence-corrected chi connectivity index (χ4v) is 2.72. The Morgan fingerprint density at radius 3 is 2.88 bits per heavy atom. The minimum absolute atomic E-state index is 0.146. The molecule has 0 aromatic rings. The SMILES string of the molecule is CSCC[C@H](N)C(=O)N1CCCC(C)C1C. The summed E-state index contributed by atoms with van der Waals surface area (Å²) < 4.78 is 0. The van der Waals surface area contributed by atoms with Crippen LogP contribution in [0.2, 0.25) is 0 Å². The lowest BCUT2D eigenvalue weighted by atomic mass is 9.91. The first kappa shape index (κ1) is 13.8. The van der Waals surface area contributed by atoms with Crippen molar-refractivity contribution in [1.29, 1.82) is 0 Å². The van der Waals surface area contributed by atoms with Crippen molar-refractivity contribution in [2.24, 2.45) is 11.7 Å². The lowest BCUT2D eigenvalue weighted by Gasteiger charge is -2.39. The van der Waals surface area contributed by atoms with E-state index in [1.165, 1.54) is 6.42 Å². The molecule has 0 aliphatic carbocycles. The maximum Gasteiger partial charge on any atom is 0.239 e. The van der Waals surface area contributed by atoms with Crippen molar-refractivity contribution in [2.45, 2.75) is 45.2 Å². The lowest BCUT2D eigenvalue weighted by Crippen LogP contribution is -2.52. The average Bonchev–Trinajstić information content (AvgIpc) is 2.28. The van der Waals surface area contributed by atoms with E-state index in [0.29, 0.717) is 12.0 Å². The molecule has 4 heteroatoms. The van der Waals surface area contributed by atoms with E-state index in [-0.39, 0.29) is 11.9 Å². The molecule has 0 spiro atoms. The van der Waals surface area contributed by atoms with Gasteiger partial charge in [0.15, 0.2) is 0 Å². The van der Waals surface area contributed by atoms with Crippen LogP contribution in [0.3, 0.4) is 0 Å². The van der Waals surface area contributed by atoms with Gasteiger partial charge in [0.1, 0.15) is 0 Å². The van der Waals surface area contributed by atoms with Gasteiger partial charge in [-0.15, -0.1) is 0 Å². The van der Waals surface area contributed by atoms with E-state index in [1.807, 2.05) is 11.2 Å². The minimum atomic E-state index is -0.305. The van der Waals surface area contributed by atoms with E-state index >= 15 is 0 Å². The predicted octanol–water partition coefficient (Wildman–Crippen LogP) is 1.71. The third-order valence-electron chi connectivity index (χ3n) is 3.61. The molecule has 3 atom stereocenters. The molecular weight excluding hydrogens is 220 g/mol. The number of nitrogens with zero attached hydrogens (tertiary/aromatic N) is 1. The second kappa shape index (κ2) is 6.50. The molecular formula is C12H24N2OS. The van der Waals surface area contributed by atoms with Crippen LogP contribution in [-0.4, -0.2) is 41.4 Å². The Balaban J connectivity index is 2.51. The van der Waals surface area contributed by atoms with Gasteiger partial charge in [0.25, 0.3) is 0 Å². The highest BCUT2D eigenvalue weighted by molar-refractivity contribution is 7.98. The normalized spacial score (nSPS) is 27.9. The molecule has 1 aliphatic heterocycles. The molecule has 1 rings (SSSR count). The molecule has 1 heterocycles. The van der Waals surface area contributed by atoms with Crippen LogP contribution in [0, 0.1) is 5.92 Å². The van der Waals surface area contributed by atoms with Crippen molar-refractivity contribution < 1.29 is 4.79 Å². The fraction of sp³-hybridized carbons (Fsp3) is 0.917. The summed E-state index contributed by atoms with van der Waals surface area (Å²) in [6.45, 7) is 5.25. The molecule has 3 nitrogen and oxygen atoms in total. The number of amides is 1. The first-order valence-corrected chi connectivity index (χ1v) is 7.52. The number of carbonyl (C=O) groups excluding carboxylic acids is 1. The number of nitrogens with two attached hydrogens (primary N) is 1. The van der Waals surface area contributed by atoms with Crippen LogP contribution < -0.4 is 5.73 Å². The van der Waals surface area contributed by atoms with Gasteiger partial charge >= 0.3 is 0 Å². The molecule has 0 radical (unpaired) electrons. The molecule has 1 saturated heterocycles. The van der Waals surface area contributed by atoms with E-state index < -0.39 is 0 Å². The maximum absolute atomic E-state index is 12.2. The zero-order valence-corrected chi connectivity index (χ0v) is 11.4. The zero-order valence-electron chi connectivity index (χ0n) is 10.6. The van der Waals surface area contributed by atoms with Crippen LogP contribution in [0.15, 0.2) is 0 Å². The van der Waals surface area contributed by atoms with E-state index in [2.05, 4.69) is 13.8 Å². The predicted molar refractivity (Wildman–Crippen MR) is 70.5 cm³/mol. The van der Waals surface area contributed by atoms with Gasteiger partial charge in [-0.1, -0.05) is 6.92 Å². The zero-order chi connectivity index (χ0) is 12.1. The molecule has 1 aliphatic rings. The number of hydrogen-bond donors (Lipinski definition) is 1. The first-order valence-electron chi connectivity index (χ1n) is 6.13. The van der Waals surface area contributed by atoms with Crippen molar-refractivity contribution in [3.05, 3.63) is 0 Å². The average molecular weight is 244 g/mol. The smallest absolute Gasteiger partial charge is 0.239 e. The van der Waals surface area contributed by atoms with Crippen molar-refractivity contribution >= 4 is 17.7 Å². The first-order chi connectivity index (χ1) is 7.57. The van der Waals surface area contributed by atoms with Crippen LogP contribution in [0.5, 0.6) is 0 Å². The van der Waals surface area contributed by atoms with Crippen LogP contribution in [0.4, 0.5) is 0 Å². The molecule has 94 valence electrons. The highest BCUT2D eigenvalue weighted by atomic mass is 32.2.